The molecule has 0 saturated carbocycles. The lowest BCUT2D eigenvalue weighted by molar-refractivity contribution is -0.119. The summed E-state index contributed by atoms with van der Waals surface area (Å²) in [6, 6.07) is 19.9. The van der Waals surface area contributed by atoms with E-state index in [2.05, 4.69) is 5.32 Å². The van der Waals surface area contributed by atoms with Crippen LogP contribution in [0.1, 0.15) is 23.1 Å². The van der Waals surface area contributed by atoms with Crippen molar-refractivity contribution in [2.24, 2.45) is 0 Å². The van der Waals surface area contributed by atoms with Crippen molar-refractivity contribution in [1.82, 2.24) is 5.32 Å². The summed E-state index contributed by atoms with van der Waals surface area (Å²) < 4.78 is 40.8. The average Bonchev–Trinajstić information content (AvgIpc) is 2.83. The summed E-state index contributed by atoms with van der Waals surface area (Å²) in [4.78, 5) is 12.8. The first kappa shape index (κ1) is 25.8. The highest BCUT2D eigenvalue weighted by atomic mass is 32.2. The maximum atomic E-state index is 13.4. The molecule has 0 heterocycles. The minimum Gasteiger partial charge on any atom is -0.354 e. The normalized spacial score (nSPS) is 11.3. The van der Waals surface area contributed by atoms with Gasteiger partial charge in [-0.3, -0.25) is 9.10 Å². The van der Waals surface area contributed by atoms with Gasteiger partial charge < -0.3 is 5.32 Å². The number of sulfonamides is 1. The largest absolute Gasteiger partial charge is 0.354 e. The van der Waals surface area contributed by atoms with Crippen molar-refractivity contribution in [3.05, 3.63) is 95.3 Å². The number of carbonyl (C=O) groups is 1. The van der Waals surface area contributed by atoms with Gasteiger partial charge in [0.25, 0.3) is 10.0 Å². The second-order valence-electron chi connectivity index (χ2n) is 7.98. The Morgan fingerprint density at radius 1 is 0.971 bits per heavy atom. The first-order chi connectivity index (χ1) is 16.3. The standard InChI is InChI=1S/C26H29FN2O3S2/c1-20-9-14-24(17-21(20)2)29(34(31,32)25-7-4-3-5-8-25)18-26(30)28-15-6-16-33-19-22-10-12-23(27)13-11-22/h3-5,7-14,17H,6,15-16,18-19H2,1-2H3,(H,28,30). The highest BCUT2D eigenvalue weighted by Gasteiger charge is 2.27. The average molecular weight is 501 g/mol. The SMILES string of the molecule is Cc1ccc(N(CC(=O)NCCCSCc2ccc(F)cc2)S(=O)(=O)c2ccccc2)cc1C. The van der Waals surface area contributed by atoms with Crippen molar-refractivity contribution < 1.29 is 17.6 Å². The summed E-state index contributed by atoms with van der Waals surface area (Å²) in [5, 5.41) is 2.83. The molecule has 1 N–H and O–H groups in total. The highest BCUT2D eigenvalue weighted by molar-refractivity contribution is 7.98. The van der Waals surface area contributed by atoms with Gasteiger partial charge in [-0.25, -0.2) is 12.8 Å². The molecule has 5 nitrogen and oxygen atoms in total. The third-order valence-corrected chi connectivity index (χ3v) is 8.27. The fraction of sp³-hybridized carbons (Fsp3) is 0.269. The van der Waals surface area contributed by atoms with Crippen molar-refractivity contribution in [2.45, 2.75) is 30.9 Å². The molecule has 0 aliphatic heterocycles. The van der Waals surface area contributed by atoms with Crippen LogP contribution in [-0.2, 0) is 20.6 Å². The predicted molar refractivity (Wildman–Crippen MR) is 137 cm³/mol. The first-order valence-corrected chi connectivity index (χ1v) is 13.6. The Hall–Kier alpha value is -2.84. The van der Waals surface area contributed by atoms with Crippen LogP contribution in [0.25, 0.3) is 0 Å². The van der Waals surface area contributed by atoms with E-state index in [1.54, 1.807) is 54.2 Å². The molecule has 1 amide bonds. The number of nitrogens with zero attached hydrogens (tertiary/aromatic N) is 1. The summed E-state index contributed by atoms with van der Waals surface area (Å²) in [6.45, 7) is 4.01. The van der Waals surface area contributed by atoms with Crippen LogP contribution in [0.5, 0.6) is 0 Å². The van der Waals surface area contributed by atoms with Gasteiger partial charge in [0.1, 0.15) is 12.4 Å². The van der Waals surface area contributed by atoms with Gasteiger partial charge in [-0.05, 0) is 79.1 Å². The van der Waals surface area contributed by atoms with Crippen LogP contribution in [0.2, 0.25) is 0 Å². The Morgan fingerprint density at radius 2 is 1.68 bits per heavy atom. The van der Waals surface area contributed by atoms with E-state index < -0.39 is 10.0 Å². The molecular formula is C26H29FN2O3S2. The smallest absolute Gasteiger partial charge is 0.264 e. The molecule has 0 aliphatic rings. The van der Waals surface area contributed by atoms with Gasteiger partial charge in [-0.15, -0.1) is 0 Å². The van der Waals surface area contributed by atoms with Gasteiger partial charge in [-0.1, -0.05) is 36.4 Å². The van der Waals surface area contributed by atoms with E-state index in [-0.39, 0.29) is 23.2 Å². The summed E-state index contributed by atoms with van der Waals surface area (Å²) in [6.07, 6.45) is 0.743. The minimum absolute atomic E-state index is 0.137. The molecule has 8 heteroatoms. The fourth-order valence-electron chi connectivity index (χ4n) is 3.27. The molecule has 0 fully saturated rings. The molecule has 3 rings (SSSR count). The Labute approximate surface area is 205 Å². The maximum Gasteiger partial charge on any atom is 0.264 e. The molecule has 0 aliphatic carbocycles. The molecule has 0 radical (unpaired) electrons. The van der Waals surface area contributed by atoms with E-state index in [9.17, 15) is 17.6 Å². The third-order valence-electron chi connectivity index (χ3n) is 5.37. The topological polar surface area (TPSA) is 66.5 Å². The number of benzene rings is 3. The lowest BCUT2D eigenvalue weighted by Crippen LogP contribution is -2.41. The van der Waals surface area contributed by atoms with Crippen molar-refractivity contribution in [3.63, 3.8) is 0 Å². The molecule has 0 saturated heterocycles. The Morgan fingerprint density at radius 3 is 2.35 bits per heavy atom. The maximum absolute atomic E-state index is 13.4. The van der Waals surface area contributed by atoms with Gasteiger partial charge in [0.2, 0.25) is 5.91 Å². The van der Waals surface area contributed by atoms with Crippen LogP contribution in [0, 0.1) is 19.7 Å². The zero-order chi connectivity index (χ0) is 24.6. The Kier molecular flexibility index (Phi) is 9.12. The third kappa shape index (κ3) is 7.08. The first-order valence-electron chi connectivity index (χ1n) is 11.0. The number of hydrogen-bond donors (Lipinski definition) is 1. The van der Waals surface area contributed by atoms with E-state index >= 15 is 0 Å². The lowest BCUT2D eigenvalue weighted by atomic mass is 10.1. The number of hydrogen-bond acceptors (Lipinski definition) is 4. The molecule has 0 atom stereocenters. The molecule has 34 heavy (non-hydrogen) atoms. The van der Waals surface area contributed by atoms with Gasteiger partial charge in [0, 0.05) is 12.3 Å². The van der Waals surface area contributed by atoms with Gasteiger partial charge in [-0.2, -0.15) is 11.8 Å². The number of rotatable bonds is 11. The second-order valence-corrected chi connectivity index (χ2v) is 10.9. The van der Waals surface area contributed by atoms with Crippen LogP contribution in [0.3, 0.4) is 0 Å². The highest BCUT2D eigenvalue weighted by Crippen LogP contribution is 2.25. The molecule has 180 valence electrons. The van der Waals surface area contributed by atoms with Crippen LogP contribution >= 0.6 is 11.8 Å². The van der Waals surface area contributed by atoms with E-state index in [1.165, 1.54) is 24.3 Å². The summed E-state index contributed by atoms with van der Waals surface area (Å²) >= 11 is 1.70. The van der Waals surface area contributed by atoms with Crippen LogP contribution in [0.15, 0.2) is 77.7 Å². The molecule has 3 aromatic carbocycles. The van der Waals surface area contributed by atoms with Gasteiger partial charge >= 0.3 is 0 Å². The van der Waals surface area contributed by atoms with E-state index in [4.69, 9.17) is 0 Å². The molecule has 0 unspecified atom stereocenters. The van der Waals surface area contributed by atoms with Crippen molar-refractivity contribution in [2.75, 3.05) is 23.1 Å². The minimum atomic E-state index is -3.91. The number of nitrogens with one attached hydrogen (secondary N) is 1. The Balaban J connectivity index is 1.59. The predicted octanol–water partition coefficient (Wildman–Crippen LogP) is 5.08. The van der Waals surface area contributed by atoms with Crippen molar-refractivity contribution in [3.8, 4) is 0 Å². The second kappa shape index (κ2) is 12.0. The summed E-state index contributed by atoms with van der Waals surface area (Å²) in [7, 11) is -3.91. The number of carbonyl (C=O) groups excluding carboxylic acids is 1. The molecule has 3 aromatic rings. The molecule has 0 aromatic heterocycles. The molecular weight excluding hydrogens is 471 g/mol. The number of aryl methyl sites for hydroxylation is 2. The van der Waals surface area contributed by atoms with Gasteiger partial charge in [0.05, 0.1) is 10.6 Å². The van der Waals surface area contributed by atoms with Crippen molar-refractivity contribution >= 4 is 33.4 Å². The van der Waals surface area contributed by atoms with E-state index in [0.29, 0.717) is 12.2 Å². The quantitative estimate of drug-likeness (QED) is 0.373. The van der Waals surface area contributed by atoms with Crippen LogP contribution in [0.4, 0.5) is 10.1 Å². The summed E-state index contributed by atoms with van der Waals surface area (Å²) in [5.41, 5.74) is 3.50. The monoisotopic (exact) mass is 500 g/mol. The lowest BCUT2D eigenvalue weighted by Gasteiger charge is -2.25. The fourth-order valence-corrected chi connectivity index (χ4v) is 5.63. The number of thioether (sulfide) groups is 1. The van der Waals surface area contributed by atoms with E-state index in [0.717, 1.165) is 38.9 Å². The van der Waals surface area contributed by atoms with Crippen LogP contribution in [-0.4, -0.2) is 33.2 Å². The summed E-state index contributed by atoms with van der Waals surface area (Å²) in [5.74, 6) is 0.979. The van der Waals surface area contributed by atoms with Crippen LogP contribution < -0.4 is 9.62 Å². The number of amides is 1. The van der Waals surface area contributed by atoms with E-state index in [1.807, 2.05) is 19.9 Å². The number of anilines is 1. The number of halogens is 1. The molecule has 0 bridgehead atoms. The van der Waals surface area contributed by atoms with Gasteiger partial charge in [0.15, 0.2) is 0 Å². The zero-order valence-corrected chi connectivity index (χ0v) is 21.0. The van der Waals surface area contributed by atoms with Crippen molar-refractivity contribution in [1.29, 1.82) is 0 Å². The molecule has 0 spiro atoms. The zero-order valence-electron chi connectivity index (χ0n) is 19.3. The Bertz CT molecular complexity index is 1200.